The van der Waals surface area contributed by atoms with Gasteiger partial charge in [-0.3, -0.25) is 9.97 Å². The van der Waals surface area contributed by atoms with Crippen molar-refractivity contribution >= 4 is 21.7 Å². The predicted molar refractivity (Wildman–Crippen MR) is 221 cm³/mol. The van der Waals surface area contributed by atoms with E-state index >= 15 is 0 Å². The summed E-state index contributed by atoms with van der Waals surface area (Å²) in [6.07, 6.45) is 9.23. The Kier molecular flexibility index (Phi) is 11.1. The van der Waals surface area contributed by atoms with Gasteiger partial charge in [0.25, 0.3) is 0 Å². The number of aryl methyl sites for hydroxylation is 4. The monoisotopic (exact) mass is 888 g/mol. The Balaban J connectivity index is 0.000000206. The molecule has 55 heavy (non-hydrogen) atoms. The summed E-state index contributed by atoms with van der Waals surface area (Å²) in [4.78, 5) is 23.4. The van der Waals surface area contributed by atoms with Crippen LogP contribution in [0.3, 0.4) is 0 Å². The maximum absolute atomic E-state index is 5.11. The molecule has 0 saturated heterocycles. The Bertz CT molecular complexity index is 2710. The summed E-state index contributed by atoms with van der Waals surface area (Å²) in [5.41, 5.74) is 15.5. The minimum Gasteiger partial charge on any atom is -0.305 e. The molecule has 269 valence electrons. The van der Waals surface area contributed by atoms with Gasteiger partial charge in [0.2, 0.25) is 0 Å². The van der Waals surface area contributed by atoms with Crippen LogP contribution in [0.25, 0.3) is 77.8 Å². The molecule has 0 aliphatic heterocycles. The fourth-order valence-electron chi connectivity index (χ4n) is 6.77. The zero-order valence-electron chi connectivity index (χ0n) is 31.0. The second-order valence-corrected chi connectivity index (χ2v) is 13.5. The average Bonchev–Trinajstić information content (AvgIpc) is 3.21. The Morgan fingerprint density at radius 1 is 0.491 bits per heavy atom. The summed E-state index contributed by atoms with van der Waals surface area (Å²) in [6.45, 7) is 8.35. The molecule has 0 unspecified atom stereocenters. The van der Waals surface area contributed by atoms with Gasteiger partial charge >= 0.3 is 0 Å². The van der Waals surface area contributed by atoms with Gasteiger partial charge in [-0.15, -0.1) is 59.2 Å². The third kappa shape index (κ3) is 8.02. The number of hydrogen-bond donors (Lipinski definition) is 0. The molecule has 1 radical (unpaired) electrons. The topological polar surface area (TPSA) is 64.5 Å². The summed E-state index contributed by atoms with van der Waals surface area (Å²) >= 11 is 0. The van der Waals surface area contributed by atoms with E-state index in [1.165, 1.54) is 22.1 Å². The van der Waals surface area contributed by atoms with Crippen LogP contribution in [0.5, 0.6) is 0 Å². The van der Waals surface area contributed by atoms with Gasteiger partial charge in [-0.05, 0) is 72.8 Å². The van der Waals surface area contributed by atoms with E-state index in [1.54, 1.807) is 0 Å². The Hall–Kier alpha value is -6.20. The molecule has 0 fully saturated rings. The van der Waals surface area contributed by atoms with Gasteiger partial charge in [-0.25, -0.2) is 4.98 Å². The van der Waals surface area contributed by atoms with Crippen molar-refractivity contribution < 1.29 is 20.1 Å². The fraction of sp³-hybridized carbons (Fsp3) is 0.0816. The van der Waals surface area contributed by atoms with Gasteiger partial charge in [0, 0.05) is 49.6 Å². The standard InChI is InChI=1S/C32H25N4.C17H12N.Ir/c1-19-5-8-24-26(11-19)28(15-30-27(24)12-21(3)16-35-30)32-18-33-17-31(36-32)25-14-23(7-6-22(25)4)29-13-20(2)9-10-34-29;1-2-8-14(9-3-1)15-10-4-5-11-16(15)17-12-6-7-13-18-17;/h5-6,8-18H,1-4H3;1-10,12-13H;/q2*-1;. The molecule has 9 rings (SSSR count). The first-order valence-corrected chi connectivity index (χ1v) is 18.0. The molecule has 5 aromatic carbocycles. The third-order valence-electron chi connectivity index (χ3n) is 9.49. The first-order chi connectivity index (χ1) is 26.4. The van der Waals surface area contributed by atoms with Gasteiger partial charge in [0.1, 0.15) is 0 Å². The van der Waals surface area contributed by atoms with Gasteiger partial charge in [0.15, 0.2) is 0 Å². The molecule has 0 bridgehead atoms. The fourth-order valence-corrected chi connectivity index (χ4v) is 6.77. The number of benzene rings is 5. The molecule has 9 aromatic rings. The largest absolute Gasteiger partial charge is 0.305 e. The normalized spacial score (nSPS) is 10.8. The van der Waals surface area contributed by atoms with Crippen molar-refractivity contribution in [1.29, 1.82) is 0 Å². The molecule has 4 aromatic heterocycles. The second-order valence-electron chi connectivity index (χ2n) is 13.5. The molecular formula is C49H37IrN5-2. The number of pyridine rings is 3. The van der Waals surface area contributed by atoms with Crippen LogP contribution in [0, 0.1) is 39.8 Å². The molecular weight excluding hydrogens is 851 g/mol. The summed E-state index contributed by atoms with van der Waals surface area (Å²) < 4.78 is 0. The maximum Gasteiger partial charge on any atom is 0.0899 e. The van der Waals surface area contributed by atoms with E-state index in [-0.39, 0.29) is 20.1 Å². The molecule has 0 spiro atoms. The van der Waals surface area contributed by atoms with Crippen molar-refractivity contribution in [3.05, 3.63) is 187 Å². The number of hydrogen-bond acceptors (Lipinski definition) is 5. The van der Waals surface area contributed by atoms with Crippen molar-refractivity contribution in [1.82, 2.24) is 24.9 Å². The van der Waals surface area contributed by atoms with Crippen LogP contribution in [0.4, 0.5) is 0 Å². The van der Waals surface area contributed by atoms with Crippen molar-refractivity contribution in [2.45, 2.75) is 27.7 Å². The number of aromatic nitrogens is 5. The summed E-state index contributed by atoms with van der Waals surface area (Å²) in [5, 5.41) is 3.49. The maximum atomic E-state index is 5.11. The van der Waals surface area contributed by atoms with Gasteiger partial charge < -0.3 is 9.97 Å². The Morgan fingerprint density at radius 2 is 1.25 bits per heavy atom. The van der Waals surface area contributed by atoms with Crippen LogP contribution >= 0.6 is 0 Å². The quantitative estimate of drug-likeness (QED) is 0.127. The van der Waals surface area contributed by atoms with Crippen LogP contribution < -0.4 is 0 Å². The average molecular weight is 888 g/mol. The summed E-state index contributed by atoms with van der Waals surface area (Å²) in [6, 6.07) is 48.1. The molecule has 4 heterocycles. The first-order valence-electron chi connectivity index (χ1n) is 18.0. The van der Waals surface area contributed by atoms with E-state index in [9.17, 15) is 0 Å². The Labute approximate surface area is 335 Å². The molecule has 0 aliphatic rings. The predicted octanol–water partition coefficient (Wildman–Crippen LogP) is 11.8. The molecule has 0 amide bonds. The van der Waals surface area contributed by atoms with E-state index in [2.05, 4.69) is 115 Å². The minimum absolute atomic E-state index is 0. The van der Waals surface area contributed by atoms with Crippen LogP contribution in [0.15, 0.2) is 152 Å². The van der Waals surface area contributed by atoms with E-state index in [4.69, 9.17) is 9.97 Å². The summed E-state index contributed by atoms with van der Waals surface area (Å²) in [5.74, 6) is 0. The van der Waals surface area contributed by atoms with Crippen LogP contribution in [0.1, 0.15) is 22.3 Å². The number of nitrogens with zero attached hydrogens (tertiary/aromatic N) is 5. The SMILES string of the molecule is Cc1ccnc(-c2[c-]cc(C)c(-c3cncc(-c4cc5ncc(C)cc5c5ccc(C)cc45)n3)c2)c1.[Ir].[c-]1cccc(-c2ccccc2)c1-c1ccccn1. The van der Waals surface area contributed by atoms with Crippen LogP contribution in [0.2, 0.25) is 0 Å². The third-order valence-corrected chi connectivity index (χ3v) is 9.49. The van der Waals surface area contributed by atoms with Gasteiger partial charge in [-0.2, -0.15) is 0 Å². The molecule has 0 N–H and O–H groups in total. The van der Waals surface area contributed by atoms with Gasteiger partial charge in [0.05, 0.1) is 29.3 Å². The first kappa shape index (κ1) is 37.1. The van der Waals surface area contributed by atoms with Crippen molar-refractivity contribution in [3.63, 3.8) is 0 Å². The minimum atomic E-state index is 0. The van der Waals surface area contributed by atoms with E-state index in [1.807, 2.05) is 91.6 Å². The van der Waals surface area contributed by atoms with Crippen LogP contribution in [-0.2, 0) is 20.1 Å². The molecule has 6 heteroatoms. The molecule has 0 atom stereocenters. The smallest absolute Gasteiger partial charge is 0.0899 e. The van der Waals surface area contributed by atoms with Crippen molar-refractivity contribution in [2.75, 3.05) is 0 Å². The van der Waals surface area contributed by atoms with E-state index in [0.29, 0.717) is 0 Å². The van der Waals surface area contributed by atoms with Gasteiger partial charge in [-0.1, -0.05) is 101 Å². The summed E-state index contributed by atoms with van der Waals surface area (Å²) in [7, 11) is 0. The molecule has 0 aliphatic carbocycles. The van der Waals surface area contributed by atoms with E-state index in [0.717, 1.165) is 78.0 Å². The van der Waals surface area contributed by atoms with Crippen molar-refractivity contribution in [3.8, 4) is 56.2 Å². The zero-order chi connectivity index (χ0) is 37.0. The molecule has 5 nitrogen and oxygen atoms in total. The second kappa shape index (κ2) is 16.4. The van der Waals surface area contributed by atoms with E-state index < -0.39 is 0 Å². The van der Waals surface area contributed by atoms with Crippen LogP contribution in [-0.4, -0.2) is 24.9 Å². The Morgan fingerprint density at radius 3 is 2.05 bits per heavy atom. The molecule has 0 saturated carbocycles. The van der Waals surface area contributed by atoms with Crippen molar-refractivity contribution in [2.24, 2.45) is 0 Å². The number of rotatable bonds is 5. The number of fused-ring (bicyclic) bond motifs is 3. The zero-order valence-corrected chi connectivity index (χ0v) is 33.4.